The molecule has 156 valence electrons. The monoisotopic (exact) mass is 426 g/mol. The quantitative estimate of drug-likeness (QED) is 0.547. The molecule has 0 fully saturated rings. The lowest BCUT2D eigenvalue weighted by atomic mass is 10.2. The molecule has 0 aliphatic rings. The van der Waals surface area contributed by atoms with E-state index in [0.717, 1.165) is 5.56 Å². The second-order valence-corrected chi connectivity index (χ2v) is 7.45. The Kier molecular flexibility index (Phi) is 7.34. The number of rotatable bonds is 9. The van der Waals surface area contributed by atoms with Gasteiger partial charge in [-0.15, -0.1) is 11.3 Å². The summed E-state index contributed by atoms with van der Waals surface area (Å²) >= 11 is 1.30. The van der Waals surface area contributed by atoms with E-state index in [1.54, 1.807) is 29.8 Å². The van der Waals surface area contributed by atoms with Crippen LogP contribution in [0.1, 0.15) is 24.2 Å². The lowest BCUT2D eigenvalue weighted by molar-refractivity contribution is -0.125. The molecule has 0 spiro atoms. The number of nitrogens with one attached hydrogen (secondary N) is 2. The van der Waals surface area contributed by atoms with E-state index in [0.29, 0.717) is 16.6 Å². The first-order chi connectivity index (χ1) is 14.5. The van der Waals surface area contributed by atoms with Crippen molar-refractivity contribution >= 4 is 39.9 Å². The van der Waals surface area contributed by atoms with Crippen molar-refractivity contribution in [2.24, 2.45) is 0 Å². The lowest BCUT2D eigenvalue weighted by Crippen LogP contribution is -2.41. The number of thiazole rings is 1. The van der Waals surface area contributed by atoms with Crippen molar-refractivity contribution in [3.63, 3.8) is 0 Å². The molecular weight excluding hydrogens is 404 g/mol. The molecule has 3 rings (SSSR count). The van der Waals surface area contributed by atoms with Crippen molar-refractivity contribution in [2.75, 3.05) is 16.8 Å². The highest BCUT2D eigenvalue weighted by Gasteiger charge is 2.20. The number of benzene rings is 1. The third kappa shape index (κ3) is 6.28. The Bertz CT molecular complexity index is 986. The molecule has 30 heavy (non-hydrogen) atoms. The summed E-state index contributed by atoms with van der Waals surface area (Å²) < 4.78 is 5.20. The molecule has 1 aromatic carbocycles. The van der Waals surface area contributed by atoms with Gasteiger partial charge in [0, 0.05) is 30.1 Å². The van der Waals surface area contributed by atoms with Crippen LogP contribution in [-0.4, -0.2) is 29.3 Å². The van der Waals surface area contributed by atoms with Crippen molar-refractivity contribution < 1.29 is 18.8 Å². The Morgan fingerprint density at radius 2 is 2.00 bits per heavy atom. The van der Waals surface area contributed by atoms with Gasteiger partial charge in [0.05, 0.1) is 12.8 Å². The van der Waals surface area contributed by atoms with Crippen molar-refractivity contribution in [1.29, 1.82) is 0 Å². The fourth-order valence-electron chi connectivity index (χ4n) is 2.74. The smallest absolute Gasteiger partial charge is 0.240 e. The number of furan rings is 1. The Hall–Kier alpha value is -3.46. The number of anilines is 2. The molecule has 0 saturated heterocycles. The number of hydrogen-bond donors (Lipinski definition) is 2. The molecule has 9 heteroatoms. The van der Waals surface area contributed by atoms with Crippen molar-refractivity contribution in [3.8, 4) is 0 Å². The molecule has 0 radical (unpaired) electrons. The van der Waals surface area contributed by atoms with E-state index < -0.39 is 0 Å². The first kappa shape index (κ1) is 21.3. The minimum absolute atomic E-state index is 0.00521. The first-order valence-electron chi connectivity index (χ1n) is 9.37. The van der Waals surface area contributed by atoms with Gasteiger partial charge in [-0.3, -0.25) is 14.4 Å². The minimum atomic E-state index is -0.325. The second kappa shape index (κ2) is 10.4. The van der Waals surface area contributed by atoms with Crippen LogP contribution in [0, 0.1) is 6.92 Å². The van der Waals surface area contributed by atoms with Crippen LogP contribution in [0.25, 0.3) is 0 Å². The van der Waals surface area contributed by atoms with Crippen LogP contribution in [0.2, 0.25) is 0 Å². The van der Waals surface area contributed by atoms with Crippen molar-refractivity contribution in [1.82, 2.24) is 10.3 Å². The van der Waals surface area contributed by atoms with Gasteiger partial charge in [0.15, 0.2) is 5.13 Å². The number of carbonyl (C=O) groups is 3. The highest BCUT2D eigenvalue weighted by molar-refractivity contribution is 7.13. The fraction of sp³-hybridized carbons (Fsp3) is 0.238. The molecular formula is C21H22N4O4S. The van der Waals surface area contributed by atoms with E-state index in [9.17, 15) is 14.4 Å². The highest BCUT2D eigenvalue weighted by Crippen LogP contribution is 2.18. The topological polar surface area (TPSA) is 105 Å². The third-order valence-electron chi connectivity index (χ3n) is 4.20. The van der Waals surface area contributed by atoms with E-state index >= 15 is 0 Å². The number of amides is 3. The summed E-state index contributed by atoms with van der Waals surface area (Å²) in [6.45, 7) is 1.99. The summed E-state index contributed by atoms with van der Waals surface area (Å²) in [5, 5.41) is 7.62. The molecule has 0 atom stereocenters. The van der Waals surface area contributed by atoms with Gasteiger partial charge in [-0.25, -0.2) is 4.98 Å². The largest absolute Gasteiger partial charge is 0.467 e. The van der Waals surface area contributed by atoms with Crippen LogP contribution in [-0.2, 0) is 20.9 Å². The zero-order chi connectivity index (χ0) is 21.3. The van der Waals surface area contributed by atoms with Crippen molar-refractivity contribution in [3.05, 3.63) is 65.6 Å². The normalized spacial score (nSPS) is 10.4. The minimum Gasteiger partial charge on any atom is -0.467 e. The van der Waals surface area contributed by atoms with Crippen LogP contribution < -0.4 is 15.5 Å². The van der Waals surface area contributed by atoms with Crippen LogP contribution in [0.3, 0.4) is 0 Å². The summed E-state index contributed by atoms with van der Waals surface area (Å²) in [6.07, 6.45) is 3.08. The van der Waals surface area contributed by atoms with Crippen LogP contribution in [0.4, 0.5) is 10.8 Å². The number of aryl methyl sites for hydroxylation is 1. The molecule has 2 N–H and O–H groups in total. The Morgan fingerprint density at radius 3 is 2.70 bits per heavy atom. The van der Waals surface area contributed by atoms with E-state index in [4.69, 9.17) is 4.42 Å². The molecule has 0 unspecified atom stereocenters. The lowest BCUT2D eigenvalue weighted by Gasteiger charge is -2.22. The van der Waals surface area contributed by atoms with Gasteiger partial charge in [-0.2, -0.15) is 0 Å². The molecule has 0 saturated carbocycles. The summed E-state index contributed by atoms with van der Waals surface area (Å²) in [5.74, 6) is -0.322. The fourth-order valence-corrected chi connectivity index (χ4v) is 3.29. The van der Waals surface area contributed by atoms with E-state index in [1.165, 1.54) is 22.5 Å². The summed E-state index contributed by atoms with van der Waals surface area (Å²) in [6, 6.07) is 10.8. The van der Waals surface area contributed by atoms with Crippen molar-refractivity contribution in [2.45, 2.75) is 26.3 Å². The Balaban J connectivity index is 1.61. The van der Waals surface area contributed by atoms with Crippen LogP contribution in [0.5, 0.6) is 0 Å². The van der Waals surface area contributed by atoms with E-state index in [-0.39, 0.29) is 43.7 Å². The molecule has 3 amide bonds. The summed E-state index contributed by atoms with van der Waals surface area (Å²) in [4.78, 5) is 42.7. The standard InChI is InChI=1S/C21H22N4O4S/c1-15-4-2-5-16(12-15)25(14-19(27)23-13-17-6-3-10-29-17)20(28)8-7-18(26)24-21-22-9-11-30-21/h2-6,9-12H,7-8,13-14H2,1H3,(H,23,27)(H,22,24,26). The van der Waals surface area contributed by atoms with Gasteiger partial charge in [-0.1, -0.05) is 12.1 Å². The predicted molar refractivity (Wildman–Crippen MR) is 114 cm³/mol. The van der Waals surface area contributed by atoms with E-state index in [2.05, 4.69) is 15.6 Å². The SMILES string of the molecule is Cc1cccc(N(CC(=O)NCc2ccco2)C(=O)CCC(=O)Nc2nccs2)c1. The second-order valence-electron chi connectivity index (χ2n) is 6.56. The molecule has 0 aliphatic carbocycles. The highest BCUT2D eigenvalue weighted by atomic mass is 32.1. The van der Waals surface area contributed by atoms with Crippen LogP contribution in [0.15, 0.2) is 58.7 Å². The maximum Gasteiger partial charge on any atom is 0.240 e. The molecule has 0 aliphatic heterocycles. The third-order valence-corrected chi connectivity index (χ3v) is 4.89. The van der Waals surface area contributed by atoms with Gasteiger partial charge in [0.25, 0.3) is 0 Å². The van der Waals surface area contributed by atoms with Gasteiger partial charge in [-0.05, 0) is 36.8 Å². The number of carbonyl (C=O) groups excluding carboxylic acids is 3. The van der Waals surface area contributed by atoms with E-state index in [1.807, 2.05) is 25.1 Å². The Morgan fingerprint density at radius 1 is 1.13 bits per heavy atom. The molecule has 8 nitrogen and oxygen atoms in total. The predicted octanol–water partition coefficient (Wildman–Crippen LogP) is 3.11. The number of nitrogens with zero attached hydrogens (tertiary/aromatic N) is 2. The number of hydrogen-bond acceptors (Lipinski definition) is 6. The van der Waals surface area contributed by atoms with Gasteiger partial charge in [0.2, 0.25) is 17.7 Å². The average Bonchev–Trinajstić information content (AvgIpc) is 3.43. The zero-order valence-corrected chi connectivity index (χ0v) is 17.3. The molecule has 3 aromatic rings. The van der Waals surface area contributed by atoms with Crippen LogP contribution >= 0.6 is 11.3 Å². The Labute approximate surface area is 177 Å². The maximum atomic E-state index is 12.9. The van der Waals surface area contributed by atoms with Gasteiger partial charge < -0.3 is 20.0 Å². The first-order valence-corrected chi connectivity index (χ1v) is 10.2. The molecule has 0 bridgehead atoms. The summed E-state index contributed by atoms with van der Waals surface area (Å²) in [5.41, 5.74) is 1.57. The maximum absolute atomic E-state index is 12.9. The molecule has 2 aromatic heterocycles. The molecule has 2 heterocycles. The average molecular weight is 426 g/mol. The summed E-state index contributed by atoms with van der Waals surface area (Å²) in [7, 11) is 0. The number of aromatic nitrogens is 1. The zero-order valence-electron chi connectivity index (χ0n) is 16.5. The van der Waals surface area contributed by atoms with Gasteiger partial charge >= 0.3 is 0 Å². The van der Waals surface area contributed by atoms with Gasteiger partial charge in [0.1, 0.15) is 12.3 Å².